The first-order chi connectivity index (χ1) is 21.2. The second-order valence-electron chi connectivity index (χ2n) is 11.2. The maximum atomic E-state index is 14.2. The summed E-state index contributed by atoms with van der Waals surface area (Å²) in [4.78, 5) is 28.7. The van der Waals surface area contributed by atoms with Crippen molar-refractivity contribution in [2.45, 2.75) is 57.6 Å². The van der Waals surface area contributed by atoms with Gasteiger partial charge >= 0.3 is 0 Å². The third-order valence-electron chi connectivity index (χ3n) is 6.84. The molecule has 0 bridgehead atoms. The minimum absolute atomic E-state index is 0.0507. The number of ether oxygens (including phenoxy) is 4. The Labute approximate surface area is 266 Å². The van der Waals surface area contributed by atoms with Gasteiger partial charge in [-0.05, 0) is 88.7 Å². The molecule has 0 saturated carbocycles. The number of carbonyl (C=O) groups excluding carboxylic acids is 2. The van der Waals surface area contributed by atoms with Crippen molar-refractivity contribution < 1.29 is 37.0 Å². The van der Waals surface area contributed by atoms with Crippen molar-refractivity contribution in [3.8, 4) is 23.0 Å². The lowest BCUT2D eigenvalue weighted by Gasteiger charge is -2.33. The molecule has 3 aromatic rings. The van der Waals surface area contributed by atoms with E-state index >= 15 is 0 Å². The largest absolute Gasteiger partial charge is 0.497 e. The monoisotopic (exact) mass is 641 g/mol. The first-order valence-corrected chi connectivity index (χ1v) is 15.9. The molecule has 0 aliphatic heterocycles. The van der Waals surface area contributed by atoms with E-state index in [1.165, 1.54) is 37.3 Å². The molecule has 3 rings (SSSR count). The predicted octanol–water partition coefficient (Wildman–Crippen LogP) is 4.64. The Morgan fingerprint density at radius 1 is 0.844 bits per heavy atom. The molecule has 0 aliphatic rings. The van der Waals surface area contributed by atoms with E-state index in [9.17, 15) is 18.0 Å². The average Bonchev–Trinajstić information content (AvgIpc) is 3.01. The average molecular weight is 642 g/mol. The number of sulfonamides is 1. The van der Waals surface area contributed by atoms with E-state index in [0.717, 1.165) is 9.87 Å². The molecule has 2 amide bonds. The van der Waals surface area contributed by atoms with Crippen LogP contribution >= 0.6 is 0 Å². The second kappa shape index (κ2) is 15.0. The van der Waals surface area contributed by atoms with Crippen molar-refractivity contribution in [3.63, 3.8) is 0 Å². The van der Waals surface area contributed by atoms with Crippen LogP contribution in [-0.4, -0.2) is 71.2 Å². The highest BCUT2D eigenvalue weighted by molar-refractivity contribution is 7.92. The summed E-state index contributed by atoms with van der Waals surface area (Å²) in [6, 6.07) is 16.8. The molecule has 1 atom stereocenters. The molecule has 0 spiro atoms. The van der Waals surface area contributed by atoms with E-state index in [-0.39, 0.29) is 28.8 Å². The van der Waals surface area contributed by atoms with E-state index in [4.69, 9.17) is 18.9 Å². The number of benzene rings is 3. The van der Waals surface area contributed by atoms with Gasteiger partial charge in [-0.1, -0.05) is 12.1 Å². The number of nitrogens with zero attached hydrogens (tertiary/aromatic N) is 2. The second-order valence-corrected chi connectivity index (χ2v) is 13.1. The normalized spacial score (nSPS) is 12.1. The van der Waals surface area contributed by atoms with Gasteiger partial charge in [-0.25, -0.2) is 8.42 Å². The number of hydrogen-bond donors (Lipinski definition) is 1. The van der Waals surface area contributed by atoms with Gasteiger partial charge < -0.3 is 29.2 Å². The smallest absolute Gasteiger partial charge is 0.264 e. The van der Waals surface area contributed by atoms with E-state index < -0.39 is 34.1 Å². The SMILES string of the molecule is CCOc1ccc(N(CC(=O)N(Cc2ccc(OC)cc2)[C@H](C)C(=O)NC(C)(C)C)S(=O)(=O)c2ccc(OC)c(OC)c2)cc1. The molecular formula is C33H43N3O8S. The summed E-state index contributed by atoms with van der Waals surface area (Å²) in [5.41, 5.74) is 0.415. The van der Waals surface area contributed by atoms with Gasteiger partial charge in [-0.2, -0.15) is 0 Å². The van der Waals surface area contributed by atoms with Crippen LogP contribution in [0.15, 0.2) is 71.6 Å². The van der Waals surface area contributed by atoms with Crippen LogP contribution in [0.25, 0.3) is 0 Å². The molecule has 0 saturated heterocycles. The highest BCUT2D eigenvalue weighted by Crippen LogP contribution is 2.33. The summed E-state index contributed by atoms with van der Waals surface area (Å²) in [7, 11) is 0.0795. The summed E-state index contributed by atoms with van der Waals surface area (Å²) >= 11 is 0. The summed E-state index contributed by atoms with van der Waals surface area (Å²) < 4.78 is 50.9. The Balaban J connectivity index is 2.09. The van der Waals surface area contributed by atoms with E-state index in [0.29, 0.717) is 23.9 Å². The fourth-order valence-electron chi connectivity index (χ4n) is 4.49. The lowest BCUT2D eigenvalue weighted by Crippen LogP contribution is -2.54. The minimum atomic E-state index is -4.33. The highest BCUT2D eigenvalue weighted by Gasteiger charge is 2.34. The van der Waals surface area contributed by atoms with Crippen LogP contribution in [0.1, 0.15) is 40.2 Å². The van der Waals surface area contributed by atoms with Gasteiger partial charge in [-0.15, -0.1) is 0 Å². The standard InChI is InChI=1S/C33H43N3O8S/c1-9-44-27-16-12-25(13-17-27)36(45(39,40)28-18-19-29(42-7)30(20-28)43-8)22-31(37)35(23(2)32(38)34-33(3,4)5)21-24-10-14-26(41-6)15-11-24/h10-20,23H,9,21-22H2,1-8H3,(H,34,38)/t23-/m1/s1. The zero-order chi connectivity index (χ0) is 33.4. The van der Waals surface area contributed by atoms with Crippen molar-refractivity contribution in [2.24, 2.45) is 0 Å². The Bertz CT molecular complexity index is 1550. The van der Waals surface area contributed by atoms with Gasteiger partial charge in [0.1, 0.15) is 24.1 Å². The van der Waals surface area contributed by atoms with Crippen LogP contribution < -0.4 is 28.6 Å². The lowest BCUT2D eigenvalue weighted by molar-refractivity contribution is -0.140. The number of carbonyl (C=O) groups is 2. The quantitative estimate of drug-likeness (QED) is 0.270. The van der Waals surface area contributed by atoms with Crippen molar-refractivity contribution in [2.75, 3.05) is 38.8 Å². The molecule has 12 heteroatoms. The van der Waals surface area contributed by atoms with Crippen LogP contribution in [-0.2, 0) is 26.2 Å². The number of anilines is 1. The lowest BCUT2D eigenvalue weighted by atomic mass is 10.1. The van der Waals surface area contributed by atoms with Crippen LogP contribution in [0.4, 0.5) is 5.69 Å². The first-order valence-electron chi connectivity index (χ1n) is 14.5. The van der Waals surface area contributed by atoms with E-state index in [1.807, 2.05) is 27.7 Å². The molecule has 0 unspecified atom stereocenters. The number of nitrogens with one attached hydrogen (secondary N) is 1. The van der Waals surface area contributed by atoms with Crippen LogP contribution in [0.2, 0.25) is 0 Å². The Morgan fingerprint density at radius 3 is 1.98 bits per heavy atom. The van der Waals surface area contributed by atoms with Gasteiger partial charge in [0.05, 0.1) is 38.5 Å². The van der Waals surface area contributed by atoms with Gasteiger partial charge in [-0.3, -0.25) is 13.9 Å². The molecule has 0 radical (unpaired) electrons. The number of amides is 2. The Kier molecular flexibility index (Phi) is 11.7. The van der Waals surface area contributed by atoms with Gasteiger partial charge in [0.2, 0.25) is 11.8 Å². The minimum Gasteiger partial charge on any atom is -0.497 e. The van der Waals surface area contributed by atoms with Crippen LogP contribution in [0.5, 0.6) is 23.0 Å². The zero-order valence-electron chi connectivity index (χ0n) is 27.1. The van der Waals surface area contributed by atoms with Crippen molar-refractivity contribution >= 4 is 27.5 Å². The maximum absolute atomic E-state index is 14.2. The first kappa shape index (κ1) is 35.0. The fraction of sp³-hybridized carbons (Fsp3) is 0.394. The summed E-state index contributed by atoms with van der Waals surface area (Å²) in [6.45, 7) is 8.88. The number of methoxy groups -OCH3 is 3. The van der Waals surface area contributed by atoms with Crippen LogP contribution in [0.3, 0.4) is 0 Å². The van der Waals surface area contributed by atoms with Gasteiger partial charge in [0.15, 0.2) is 11.5 Å². The maximum Gasteiger partial charge on any atom is 0.264 e. The molecule has 3 aromatic carbocycles. The molecular weight excluding hydrogens is 598 g/mol. The molecule has 45 heavy (non-hydrogen) atoms. The fourth-order valence-corrected chi connectivity index (χ4v) is 5.92. The Morgan fingerprint density at radius 2 is 1.44 bits per heavy atom. The molecule has 0 aliphatic carbocycles. The number of hydrogen-bond acceptors (Lipinski definition) is 8. The summed E-state index contributed by atoms with van der Waals surface area (Å²) in [5.74, 6) is 0.789. The molecule has 11 nitrogen and oxygen atoms in total. The van der Waals surface area contributed by atoms with Crippen molar-refractivity contribution in [3.05, 3.63) is 72.3 Å². The number of rotatable bonds is 14. The summed E-state index contributed by atoms with van der Waals surface area (Å²) in [5, 5.41) is 2.92. The molecule has 1 N–H and O–H groups in total. The third-order valence-corrected chi connectivity index (χ3v) is 8.60. The predicted molar refractivity (Wildman–Crippen MR) is 173 cm³/mol. The molecule has 0 fully saturated rings. The molecule has 244 valence electrons. The van der Waals surface area contributed by atoms with E-state index in [2.05, 4.69) is 5.32 Å². The van der Waals surface area contributed by atoms with E-state index in [1.54, 1.807) is 62.6 Å². The van der Waals surface area contributed by atoms with Crippen molar-refractivity contribution in [1.29, 1.82) is 0 Å². The molecule has 0 aromatic heterocycles. The van der Waals surface area contributed by atoms with Crippen molar-refractivity contribution in [1.82, 2.24) is 10.2 Å². The third kappa shape index (κ3) is 9.04. The van der Waals surface area contributed by atoms with Gasteiger partial charge in [0, 0.05) is 18.2 Å². The van der Waals surface area contributed by atoms with Gasteiger partial charge in [0.25, 0.3) is 10.0 Å². The zero-order valence-corrected chi connectivity index (χ0v) is 27.9. The Hall–Kier alpha value is -4.45. The summed E-state index contributed by atoms with van der Waals surface area (Å²) in [6.07, 6.45) is 0. The topological polar surface area (TPSA) is 124 Å². The highest BCUT2D eigenvalue weighted by atomic mass is 32.2. The van der Waals surface area contributed by atoms with Crippen LogP contribution in [0, 0.1) is 0 Å². The molecule has 0 heterocycles.